The van der Waals surface area contributed by atoms with E-state index in [9.17, 15) is 19.2 Å². The Morgan fingerprint density at radius 2 is 1.79 bits per heavy atom. The average Bonchev–Trinajstić information content (AvgIpc) is 3.87. The third-order valence-electron chi connectivity index (χ3n) is 13.7. The molecule has 4 aliphatic heterocycles. The Morgan fingerprint density at radius 3 is 2.47 bits per heavy atom. The second kappa shape index (κ2) is 23.6. The van der Waals surface area contributed by atoms with Gasteiger partial charge < -0.3 is 33.9 Å². The van der Waals surface area contributed by atoms with E-state index in [-0.39, 0.29) is 96.4 Å². The van der Waals surface area contributed by atoms with Gasteiger partial charge in [0.1, 0.15) is 18.1 Å². The van der Waals surface area contributed by atoms with Gasteiger partial charge >= 0.3 is 12.0 Å². The fraction of sp³-hybridized carbons (Fsp3) is 0.583. The van der Waals surface area contributed by atoms with Crippen LogP contribution in [0.4, 0.5) is 4.79 Å². The van der Waals surface area contributed by atoms with Crippen molar-refractivity contribution in [2.24, 2.45) is 16.7 Å². The van der Waals surface area contributed by atoms with Crippen molar-refractivity contribution in [1.82, 2.24) is 40.1 Å². The lowest BCUT2D eigenvalue weighted by molar-refractivity contribution is -0.155. The molecule has 3 saturated heterocycles. The monoisotopic (exact) mass is 1030 g/mol. The number of likely N-dealkylation sites (N-methyl/N-ethyl adjacent to an activating group) is 1. The number of hydrazine groups is 1. The lowest BCUT2D eigenvalue weighted by Gasteiger charge is -2.53. The van der Waals surface area contributed by atoms with Crippen molar-refractivity contribution in [3.8, 4) is 22.5 Å². The SMILES string of the molecule is CCn1c(-c2cccnc2[C@H](C)OC)c2c3cc(ccc31)-c1csc(n1)C[C@H](NC(=O)[C@H](C(C)C)N(C)C(=O)N1CC3(CCOCC3)C1)C(=O)N1CCC[C@H](N1)C(=O)OCC(C)(C)C2.S.S.S.S. The number of hydrogen-bond acceptors (Lipinski definition) is 11. The summed E-state index contributed by atoms with van der Waals surface area (Å²) in [4.78, 5) is 70.0. The highest BCUT2D eigenvalue weighted by Gasteiger charge is 2.48. The van der Waals surface area contributed by atoms with Crippen LogP contribution in [0.25, 0.3) is 33.4 Å². The predicted molar refractivity (Wildman–Crippen MR) is 287 cm³/mol. The van der Waals surface area contributed by atoms with Gasteiger partial charge in [-0.2, -0.15) is 54.0 Å². The first kappa shape index (κ1) is 57.1. The molecule has 6 bridgehead atoms. The number of nitrogens with one attached hydrogen (secondary N) is 2. The average molecular weight is 1030 g/mol. The Labute approximate surface area is 432 Å². The summed E-state index contributed by atoms with van der Waals surface area (Å²) in [5, 5.41) is 8.24. The number of esters is 1. The highest BCUT2D eigenvalue weighted by Crippen LogP contribution is 2.43. The van der Waals surface area contributed by atoms with Crippen LogP contribution >= 0.6 is 65.3 Å². The molecule has 2 N–H and O–H groups in total. The smallest absolute Gasteiger partial charge is 0.324 e. The molecule has 4 amide bonds. The molecular formula is C48H72N8O7S5. The van der Waals surface area contributed by atoms with Gasteiger partial charge in [-0.1, -0.05) is 33.8 Å². The lowest BCUT2D eigenvalue weighted by Crippen LogP contribution is -2.65. The molecule has 0 unspecified atom stereocenters. The zero-order valence-electron chi connectivity index (χ0n) is 40.6. The van der Waals surface area contributed by atoms with E-state index < -0.39 is 35.4 Å². The number of methoxy groups -OCH3 is 1. The molecule has 1 aromatic carbocycles. The molecule has 4 atom stereocenters. The van der Waals surface area contributed by atoms with Crippen LogP contribution in [0.3, 0.4) is 0 Å². The zero-order valence-corrected chi connectivity index (χ0v) is 45.4. The molecule has 1 spiro atoms. The fourth-order valence-electron chi connectivity index (χ4n) is 10.1. The number of benzene rings is 1. The number of nitrogens with zero attached hydrogens (tertiary/aromatic N) is 6. The molecule has 68 heavy (non-hydrogen) atoms. The van der Waals surface area contributed by atoms with Gasteiger partial charge in [0, 0.05) is 104 Å². The van der Waals surface area contributed by atoms with Crippen LogP contribution in [0.15, 0.2) is 41.9 Å². The normalized spacial score (nSPS) is 20.8. The Morgan fingerprint density at radius 1 is 1.07 bits per heavy atom. The van der Waals surface area contributed by atoms with Crippen LogP contribution in [0, 0.1) is 16.7 Å². The van der Waals surface area contributed by atoms with Crippen LogP contribution in [0.2, 0.25) is 0 Å². The minimum atomic E-state index is -1.04. The van der Waals surface area contributed by atoms with Gasteiger partial charge in [0.05, 0.1) is 34.8 Å². The number of cyclic esters (lactones) is 1. The molecule has 4 aromatic rings. The van der Waals surface area contributed by atoms with E-state index in [1.165, 1.54) is 21.2 Å². The Balaban J connectivity index is 0.00000252. The first-order valence-electron chi connectivity index (χ1n) is 22.8. The minimum absolute atomic E-state index is 0. The minimum Gasteiger partial charge on any atom is -0.464 e. The summed E-state index contributed by atoms with van der Waals surface area (Å²) in [6, 6.07) is 7.63. The number of rotatable bonds is 8. The molecule has 376 valence electrons. The van der Waals surface area contributed by atoms with Gasteiger partial charge in [-0.15, -0.1) is 11.3 Å². The van der Waals surface area contributed by atoms with E-state index >= 15 is 0 Å². The number of ether oxygens (including phenoxy) is 3. The summed E-state index contributed by atoms with van der Waals surface area (Å²) >= 11 is 1.43. The standard InChI is InChI=1S/C48H64N8O7S.4H2S/c1-9-55-38-15-14-31-22-33(38)34(42(55)32-12-10-18-49-40(32)30(4)61-8)24-47(5,6)28-63-45(59)35-13-11-19-56(52-35)44(58)36(23-39-50-37(31)25-64-39)51-43(57)41(29(2)3)53(7)46(60)54-26-48(27-54)16-20-62-21-17-48;;;;/h10,12,14-15,18,22,25,29-30,35-36,41,52H,9,11,13,16-17,19-21,23-24,26-28H2,1-8H3,(H,51,57);4*1H2/t30-,35-,36-,41-;;;;/m0..../s1. The molecule has 3 aromatic heterocycles. The van der Waals surface area contributed by atoms with Crippen molar-refractivity contribution in [3.63, 3.8) is 0 Å². The van der Waals surface area contributed by atoms with E-state index in [2.05, 4.69) is 60.3 Å². The van der Waals surface area contributed by atoms with E-state index in [0.29, 0.717) is 63.7 Å². The number of thiazole rings is 1. The topological polar surface area (TPSA) is 160 Å². The van der Waals surface area contributed by atoms with Crippen molar-refractivity contribution in [1.29, 1.82) is 0 Å². The number of aromatic nitrogens is 3. The number of likely N-dealkylation sites (tertiary alicyclic amines) is 1. The van der Waals surface area contributed by atoms with Gasteiger partial charge in [0.25, 0.3) is 5.91 Å². The van der Waals surface area contributed by atoms with Gasteiger partial charge in [-0.25, -0.2) is 15.2 Å². The predicted octanol–water partition coefficient (Wildman–Crippen LogP) is 6.84. The van der Waals surface area contributed by atoms with Crippen molar-refractivity contribution >= 4 is 100 Å². The number of urea groups is 1. The molecule has 0 saturated carbocycles. The molecular weight excluding hydrogens is 961 g/mol. The van der Waals surface area contributed by atoms with Crippen molar-refractivity contribution < 1.29 is 33.4 Å². The van der Waals surface area contributed by atoms with Gasteiger partial charge in [-0.05, 0) is 81.7 Å². The van der Waals surface area contributed by atoms with Crippen molar-refractivity contribution in [2.45, 2.75) is 111 Å². The third kappa shape index (κ3) is 11.6. The first-order chi connectivity index (χ1) is 30.6. The second-order valence-electron chi connectivity index (χ2n) is 19.3. The first-order valence-corrected chi connectivity index (χ1v) is 23.7. The quantitative estimate of drug-likeness (QED) is 0.179. The van der Waals surface area contributed by atoms with E-state index in [1.807, 2.05) is 32.2 Å². The highest BCUT2D eigenvalue weighted by atomic mass is 32.1. The number of pyridine rings is 1. The molecule has 0 radical (unpaired) electrons. The number of aryl methyl sites for hydroxylation is 1. The molecule has 8 rings (SSSR count). The summed E-state index contributed by atoms with van der Waals surface area (Å²) < 4.78 is 19.8. The summed E-state index contributed by atoms with van der Waals surface area (Å²) in [5.41, 5.74) is 9.49. The van der Waals surface area contributed by atoms with E-state index in [0.717, 1.165) is 57.5 Å². The summed E-state index contributed by atoms with van der Waals surface area (Å²) in [6.07, 6.45) is 5.14. The maximum absolute atomic E-state index is 14.6. The zero-order chi connectivity index (χ0) is 45.5. The summed E-state index contributed by atoms with van der Waals surface area (Å²) in [7, 11) is 3.36. The van der Waals surface area contributed by atoms with E-state index in [1.54, 1.807) is 25.3 Å². The number of carbonyl (C=O) groups is 4. The maximum Gasteiger partial charge on any atom is 0.324 e. The molecule has 7 heterocycles. The van der Waals surface area contributed by atoms with Gasteiger partial charge in [0.2, 0.25) is 5.91 Å². The van der Waals surface area contributed by atoms with Crippen LogP contribution in [-0.2, 0) is 48.0 Å². The number of carbonyl (C=O) groups excluding carboxylic acids is 4. The Bertz CT molecular complexity index is 2400. The van der Waals surface area contributed by atoms with Crippen molar-refractivity contribution in [2.75, 3.05) is 53.6 Å². The number of hydrogen-bond donors (Lipinski definition) is 2. The lowest BCUT2D eigenvalue weighted by atomic mass is 9.73. The molecule has 15 nitrogen and oxygen atoms in total. The van der Waals surface area contributed by atoms with Crippen LogP contribution in [-0.4, -0.2) is 125 Å². The number of fused-ring (bicyclic) bond motifs is 6. The highest BCUT2D eigenvalue weighted by molar-refractivity contribution is 7.59. The summed E-state index contributed by atoms with van der Waals surface area (Å²) in [5.74, 6) is -1.50. The molecule has 3 fully saturated rings. The van der Waals surface area contributed by atoms with E-state index in [4.69, 9.17) is 24.2 Å². The van der Waals surface area contributed by atoms with Crippen LogP contribution < -0.4 is 10.7 Å². The van der Waals surface area contributed by atoms with Crippen molar-refractivity contribution in [3.05, 3.63) is 58.2 Å². The Hall–Kier alpha value is -3.50. The summed E-state index contributed by atoms with van der Waals surface area (Å²) in [6.45, 7) is 16.0. The molecule has 20 heteroatoms. The molecule has 4 aliphatic rings. The van der Waals surface area contributed by atoms with Gasteiger partial charge in [-0.3, -0.25) is 24.4 Å². The fourth-order valence-corrected chi connectivity index (χ4v) is 11.0. The number of amides is 4. The van der Waals surface area contributed by atoms with Crippen LogP contribution in [0.1, 0.15) is 89.6 Å². The third-order valence-corrected chi connectivity index (χ3v) is 14.5. The molecule has 0 aliphatic carbocycles. The second-order valence-corrected chi connectivity index (χ2v) is 20.3. The van der Waals surface area contributed by atoms with Crippen LogP contribution in [0.5, 0.6) is 0 Å². The Kier molecular flexibility index (Phi) is 19.8. The largest absolute Gasteiger partial charge is 0.464 e. The maximum atomic E-state index is 14.6. The van der Waals surface area contributed by atoms with Gasteiger partial charge in [0.15, 0.2) is 0 Å².